The van der Waals surface area contributed by atoms with E-state index in [0.717, 1.165) is 12.3 Å². The third-order valence-electron chi connectivity index (χ3n) is 2.64. The van der Waals surface area contributed by atoms with E-state index in [1.54, 1.807) is 0 Å². The second-order valence-corrected chi connectivity index (χ2v) is 3.81. The fourth-order valence-corrected chi connectivity index (χ4v) is 0.993. The summed E-state index contributed by atoms with van der Waals surface area (Å²) in [6, 6.07) is 0. The lowest BCUT2D eigenvalue weighted by atomic mass is 9.94. The molecule has 0 heterocycles. The van der Waals surface area contributed by atoms with Crippen LogP contribution in [0, 0.1) is 11.8 Å². The Morgan fingerprint density at radius 3 is 2.00 bits per heavy atom. The van der Waals surface area contributed by atoms with E-state index in [1.807, 2.05) is 6.92 Å². The first-order valence-electron chi connectivity index (χ1n) is 4.76. The lowest BCUT2D eigenvalue weighted by Gasteiger charge is -2.16. The maximum absolute atomic E-state index is 9.21. The first kappa shape index (κ1) is 11.0. The van der Waals surface area contributed by atoms with Crippen LogP contribution in [-0.2, 0) is 0 Å². The Kier molecular flexibility index (Phi) is 5.57. The van der Waals surface area contributed by atoms with E-state index < -0.39 is 0 Å². The molecule has 0 aliphatic rings. The molecule has 0 amide bonds. The third kappa shape index (κ3) is 5.25. The molecular weight excluding hydrogens is 136 g/mol. The van der Waals surface area contributed by atoms with Crippen LogP contribution in [0.3, 0.4) is 0 Å². The van der Waals surface area contributed by atoms with E-state index >= 15 is 0 Å². The maximum Gasteiger partial charge on any atom is 0.0537 e. The van der Waals surface area contributed by atoms with Crippen molar-refractivity contribution in [2.24, 2.45) is 11.8 Å². The Morgan fingerprint density at radius 1 is 1.09 bits per heavy atom. The first-order chi connectivity index (χ1) is 5.07. The minimum atomic E-state index is -0.140. The highest BCUT2D eigenvalue weighted by Crippen LogP contribution is 2.16. The van der Waals surface area contributed by atoms with Gasteiger partial charge in [0.25, 0.3) is 0 Å². The lowest BCUT2D eigenvalue weighted by molar-refractivity contribution is 0.126. The summed E-state index contributed by atoms with van der Waals surface area (Å²) in [7, 11) is 0. The summed E-state index contributed by atoms with van der Waals surface area (Å²) in [6.07, 6.45) is 3.53. The van der Waals surface area contributed by atoms with Gasteiger partial charge in [-0.2, -0.15) is 0 Å². The van der Waals surface area contributed by atoms with Gasteiger partial charge in [-0.15, -0.1) is 0 Å². The highest BCUT2D eigenvalue weighted by atomic mass is 16.3. The van der Waals surface area contributed by atoms with Crippen LogP contribution in [0.5, 0.6) is 0 Å². The number of hydrogen-bond donors (Lipinski definition) is 1. The van der Waals surface area contributed by atoms with Crippen molar-refractivity contribution in [3.8, 4) is 0 Å². The smallest absolute Gasteiger partial charge is 0.0537 e. The van der Waals surface area contributed by atoms with Crippen molar-refractivity contribution in [2.75, 3.05) is 0 Å². The highest BCUT2D eigenvalue weighted by molar-refractivity contribution is 4.61. The summed E-state index contributed by atoms with van der Waals surface area (Å²) in [5.41, 5.74) is 0. The summed E-state index contributed by atoms with van der Waals surface area (Å²) >= 11 is 0. The van der Waals surface area contributed by atoms with Crippen LogP contribution in [0.1, 0.15) is 47.0 Å². The lowest BCUT2D eigenvalue weighted by Crippen LogP contribution is -2.13. The molecule has 0 aromatic rings. The fraction of sp³-hybridized carbons (Fsp3) is 1.00. The topological polar surface area (TPSA) is 20.2 Å². The van der Waals surface area contributed by atoms with Crippen molar-refractivity contribution in [3.63, 3.8) is 0 Å². The second kappa shape index (κ2) is 5.59. The molecule has 3 atom stereocenters. The minimum Gasteiger partial charge on any atom is -0.393 e. The molecule has 0 aromatic heterocycles. The SMILES string of the molecule is CCC(C)CCC(C)C(C)O. The second-order valence-electron chi connectivity index (χ2n) is 3.81. The van der Waals surface area contributed by atoms with Crippen molar-refractivity contribution in [1.29, 1.82) is 0 Å². The van der Waals surface area contributed by atoms with Crippen molar-refractivity contribution < 1.29 is 5.11 Å². The number of aliphatic hydroxyl groups excluding tert-OH is 1. The first-order valence-corrected chi connectivity index (χ1v) is 4.76. The van der Waals surface area contributed by atoms with Gasteiger partial charge in [0.15, 0.2) is 0 Å². The Balaban J connectivity index is 3.37. The molecule has 3 unspecified atom stereocenters. The van der Waals surface area contributed by atoms with Gasteiger partial charge in [-0.1, -0.05) is 33.6 Å². The molecule has 0 rings (SSSR count). The Labute approximate surface area is 70.8 Å². The summed E-state index contributed by atoms with van der Waals surface area (Å²) in [4.78, 5) is 0. The minimum absolute atomic E-state index is 0.140. The van der Waals surface area contributed by atoms with E-state index in [9.17, 15) is 5.11 Å². The Bertz CT molecular complexity index is 88.9. The molecule has 0 aliphatic carbocycles. The van der Waals surface area contributed by atoms with Crippen LogP contribution >= 0.6 is 0 Å². The van der Waals surface area contributed by atoms with E-state index in [4.69, 9.17) is 0 Å². The largest absolute Gasteiger partial charge is 0.393 e. The van der Waals surface area contributed by atoms with Crippen LogP contribution < -0.4 is 0 Å². The van der Waals surface area contributed by atoms with Crippen LogP contribution in [0.25, 0.3) is 0 Å². The molecule has 68 valence electrons. The molecule has 0 radical (unpaired) electrons. The van der Waals surface area contributed by atoms with Crippen LogP contribution in [0.15, 0.2) is 0 Å². The average molecular weight is 158 g/mol. The van der Waals surface area contributed by atoms with E-state index in [2.05, 4.69) is 20.8 Å². The number of aliphatic hydroxyl groups is 1. The molecule has 1 heteroatoms. The van der Waals surface area contributed by atoms with Gasteiger partial charge in [-0.05, 0) is 25.2 Å². The molecule has 1 N–H and O–H groups in total. The quantitative estimate of drug-likeness (QED) is 0.652. The summed E-state index contributed by atoms with van der Waals surface area (Å²) in [5, 5.41) is 9.21. The Morgan fingerprint density at radius 2 is 1.64 bits per heavy atom. The van der Waals surface area contributed by atoms with E-state index in [0.29, 0.717) is 5.92 Å². The predicted octanol–water partition coefficient (Wildman–Crippen LogP) is 2.83. The fourth-order valence-electron chi connectivity index (χ4n) is 0.993. The van der Waals surface area contributed by atoms with Crippen molar-refractivity contribution in [2.45, 2.75) is 53.1 Å². The highest BCUT2D eigenvalue weighted by Gasteiger charge is 2.09. The van der Waals surface area contributed by atoms with Crippen molar-refractivity contribution in [1.82, 2.24) is 0 Å². The average Bonchev–Trinajstić information content (AvgIpc) is 1.99. The van der Waals surface area contributed by atoms with Gasteiger partial charge in [0.05, 0.1) is 6.10 Å². The maximum atomic E-state index is 9.21. The molecule has 0 aliphatic heterocycles. The van der Waals surface area contributed by atoms with Gasteiger partial charge in [0.1, 0.15) is 0 Å². The van der Waals surface area contributed by atoms with E-state index in [-0.39, 0.29) is 6.10 Å². The standard InChI is InChI=1S/C10H22O/c1-5-8(2)6-7-9(3)10(4)11/h8-11H,5-7H2,1-4H3. The Hall–Kier alpha value is -0.0400. The summed E-state index contributed by atoms with van der Waals surface area (Å²) in [5.74, 6) is 1.28. The molecule has 1 nitrogen and oxygen atoms in total. The number of hydrogen-bond acceptors (Lipinski definition) is 1. The molecule has 0 spiro atoms. The molecule has 0 saturated carbocycles. The molecule has 0 bridgehead atoms. The van der Waals surface area contributed by atoms with Gasteiger partial charge in [-0.3, -0.25) is 0 Å². The third-order valence-corrected chi connectivity index (χ3v) is 2.64. The molecule has 0 aromatic carbocycles. The normalized spacial score (nSPS) is 19.4. The molecular formula is C10H22O. The van der Waals surface area contributed by atoms with Gasteiger partial charge in [0.2, 0.25) is 0 Å². The van der Waals surface area contributed by atoms with Gasteiger partial charge in [-0.25, -0.2) is 0 Å². The molecule has 0 saturated heterocycles. The summed E-state index contributed by atoms with van der Waals surface area (Å²) < 4.78 is 0. The zero-order chi connectivity index (χ0) is 8.85. The predicted molar refractivity (Wildman–Crippen MR) is 49.5 cm³/mol. The van der Waals surface area contributed by atoms with E-state index in [1.165, 1.54) is 12.8 Å². The van der Waals surface area contributed by atoms with Crippen molar-refractivity contribution in [3.05, 3.63) is 0 Å². The zero-order valence-corrected chi connectivity index (χ0v) is 8.30. The van der Waals surface area contributed by atoms with Crippen LogP contribution in [-0.4, -0.2) is 11.2 Å². The monoisotopic (exact) mass is 158 g/mol. The summed E-state index contributed by atoms with van der Waals surface area (Å²) in [6.45, 7) is 8.49. The van der Waals surface area contributed by atoms with Gasteiger partial charge in [0, 0.05) is 0 Å². The zero-order valence-electron chi connectivity index (χ0n) is 8.30. The van der Waals surface area contributed by atoms with Gasteiger partial charge < -0.3 is 5.11 Å². The number of rotatable bonds is 5. The molecule has 11 heavy (non-hydrogen) atoms. The molecule has 0 fully saturated rings. The van der Waals surface area contributed by atoms with Gasteiger partial charge >= 0.3 is 0 Å². The van der Waals surface area contributed by atoms with Crippen molar-refractivity contribution >= 4 is 0 Å². The van der Waals surface area contributed by atoms with Crippen LogP contribution in [0.2, 0.25) is 0 Å². The van der Waals surface area contributed by atoms with Crippen LogP contribution in [0.4, 0.5) is 0 Å².